The van der Waals surface area contributed by atoms with Crippen LogP contribution in [-0.2, 0) is 11.2 Å². The van der Waals surface area contributed by atoms with Crippen molar-refractivity contribution >= 4 is 5.91 Å². The maximum atomic E-state index is 12.1. The van der Waals surface area contributed by atoms with Crippen LogP contribution in [0.15, 0.2) is 28.8 Å². The smallest absolute Gasteiger partial charge is 0.227 e. The topological polar surface area (TPSA) is 71.3 Å². The highest BCUT2D eigenvalue weighted by Crippen LogP contribution is 2.21. The SMILES string of the molecule is CC(C)c1ccc(-c2noc(CCC(=O)NCC(C)(C)CN(C)C)n2)cc1. The highest BCUT2D eigenvalue weighted by molar-refractivity contribution is 5.76. The number of nitrogens with one attached hydrogen (secondary N) is 1. The Labute approximate surface area is 162 Å². The molecule has 1 N–H and O–H groups in total. The number of carbonyl (C=O) groups excluding carboxylic acids is 1. The number of nitrogens with zero attached hydrogens (tertiary/aromatic N) is 3. The van der Waals surface area contributed by atoms with Gasteiger partial charge in [-0.1, -0.05) is 57.1 Å². The summed E-state index contributed by atoms with van der Waals surface area (Å²) >= 11 is 0. The van der Waals surface area contributed by atoms with Crippen LogP contribution in [0.4, 0.5) is 0 Å². The van der Waals surface area contributed by atoms with E-state index in [0.29, 0.717) is 37.0 Å². The Hall–Kier alpha value is -2.21. The molecular formula is C21H32N4O2. The molecule has 0 spiro atoms. The number of benzene rings is 1. The molecule has 0 atom stereocenters. The predicted molar refractivity (Wildman–Crippen MR) is 107 cm³/mol. The summed E-state index contributed by atoms with van der Waals surface area (Å²) in [5.41, 5.74) is 2.22. The number of carbonyl (C=O) groups is 1. The van der Waals surface area contributed by atoms with Crippen molar-refractivity contribution < 1.29 is 9.32 Å². The van der Waals surface area contributed by atoms with Gasteiger partial charge in [0.1, 0.15) is 0 Å². The van der Waals surface area contributed by atoms with Gasteiger partial charge < -0.3 is 14.7 Å². The van der Waals surface area contributed by atoms with Gasteiger partial charge in [-0.05, 0) is 31.0 Å². The Morgan fingerprint density at radius 1 is 1.22 bits per heavy atom. The third-order valence-electron chi connectivity index (χ3n) is 4.38. The zero-order chi connectivity index (χ0) is 20.0. The lowest BCUT2D eigenvalue weighted by Crippen LogP contribution is -2.40. The molecule has 0 bridgehead atoms. The number of amides is 1. The molecule has 2 aromatic rings. The second-order valence-electron chi connectivity index (χ2n) is 8.47. The van der Waals surface area contributed by atoms with Crippen LogP contribution in [0.25, 0.3) is 11.4 Å². The van der Waals surface area contributed by atoms with Gasteiger partial charge in [-0.15, -0.1) is 0 Å². The fourth-order valence-electron chi connectivity index (χ4n) is 3.05. The fraction of sp³-hybridized carbons (Fsp3) is 0.571. The summed E-state index contributed by atoms with van der Waals surface area (Å²) in [5, 5.41) is 7.03. The highest BCUT2D eigenvalue weighted by Gasteiger charge is 2.20. The van der Waals surface area contributed by atoms with Gasteiger partial charge in [-0.25, -0.2) is 0 Å². The number of hydrogen-bond donors (Lipinski definition) is 1. The Kier molecular flexibility index (Phi) is 7.13. The lowest BCUT2D eigenvalue weighted by atomic mass is 9.93. The molecule has 6 nitrogen and oxygen atoms in total. The van der Waals surface area contributed by atoms with Crippen LogP contribution in [0.3, 0.4) is 0 Å². The predicted octanol–water partition coefficient (Wildman–Crippen LogP) is 3.50. The molecule has 6 heteroatoms. The molecule has 27 heavy (non-hydrogen) atoms. The molecule has 0 aliphatic rings. The summed E-state index contributed by atoms with van der Waals surface area (Å²) in [4.78, 5) is 18.6. The molecule has 0 unspecified atom stereocenters. The average molecular weight is 373 g/mol. The second-order valence-corrected chi connectivity index (χ2v) is 8.47. The maximum Gasteiger partial charge on any atom is 0.227 e. The maximum absolute atomic E-state index is 12.1. The molecule has 1 aromatic carbocycles. The third kappa shape index (κ3) is 6.79. The Morgan fingerprint density at radius 2 is 1.89 bits per heavy atom. The van der Waals surface area contributed by atoms with Gasteiger partial charge in [-0.2, -0.15) is 4.98 Å². The molecule has 0 saturated carbocycles. The zero-order valence-corrected chi connectivity index (χ0v) is 17.4. The minimum atomic E-state index is 0.00266. The highest BCUT2D eigenvalue weighted by atomic mass is 16.5. The summed E-state index contributed by atoms with van der Waals surface area (Å²) in [7, 11) is 4.07. The lowest BCUT2D eigenvalue weighted by Gasteiger charge is -2.28. The standard InChI is InChI=1S/C21H32N4O2/c1-15(2)16-7-9-17(10-8-16)20-23-19(27-24-20)12-11-18(26)22-13-21(3,4)14-25(5)6/h7-10,15H,11-14H2,1-6H3,(H,22,26). The van der Waals surface area contributed by atoms with Crippen LogP contribution in [0.2, 0.25) is 0 Å². The molecule has 1 aromatic heterocycles. The van der Waals surface area contributed by atoms with E-state index in [2.05, 4.69) is 60.2 Å². The van der Waals surface area contributed by atoms with Gasteiger partial charge in [0, 0.05) is 31.5 Å². The fourth-order valence-corrected chi connectivity index (χ4v) is 3.05. The van der Waals surface area contributed by atoms with Crippen LogP contribution < -0.4 is 5.32 Å². The van der Waals surface area contributed by atoms with E-state index in [1.165, 1.54) is 5.56 Å². The Balaban J connectivity index is 1.84. The van der Waals surface area contributed by atoms with E-state index in [-0.39, 0.29) is 11.3 Å². The van der Waals surface area contributed by atoms with Gasteiger partial charge >= 0.3 is 0 Å². The van der Waals surface area contributed by atoms with E-state index in [9.17, 15) is 4.79 Å². The normalized spacial score (nSPS) is 12.0. The Morgan fingerprint density at radius 3 is 2.48 bits per heavy atom. The van der Waals surface area contributed by atoms with E-state index < -0.39 is 0 Å². The third-order valence-corrected chi connectivity index (χ3v) is 4.38. The number of hydrogen-bond acceptors (Lipinski definition) is 5. The summed E-state index contributed by atoms with van der Waals surface area (Å²) in [6.07, 6.45) is 0.781. The number of rotatable bonds is 9. The van der Waals surface area contributed by atoms with Crippen molar-refractivity contribution in [2.45, 2.75) is 46.5 Å². The van der Waals surface area contributed by atoms with E-state index >= 15 is 0 Å². The second kappa shape index (κ2) is 9.13. The van der Waals surface area contributed by atoms with Crippen LogP contribution in [0, 0.1) is 5.41 Å². The summed E-state index contributed by atoms with van der Waals surface area (Å²) < 4.78 is 5.30. The molecule has 1 heterocycles. The molecular weight excluding hydrogens is 340 g/mol. The van der Waals surface area contributed by atoms with Crippen LogP contribution in [0.1, 0.15) is 51.5 Å². The summed E-state index contributed by atoms with van der Waals surface area (Å²) in [6, 6.07) is 8.17. The van der Waals surface area contributed by atoms with E-state index in [1.807, 2.05) is 26.2 Å². The minimum absolute atomic E-state index is 0.00266. The van der Waals surface area contributed by atoms with Gasteiger partial charge in [0.25, 0.3) is 0 Å². The average Bonchev–Trinajstić information content (AvgIpc) is 3.06. The molecule has 0 fully saturated rings. The molecule has 0 aliphatic carbocycles. The molecule has 0 radical (unpaired) electrons. The van der Waals surface area contributed by atoms with Gasteiger partial charge in [0.2, 0.25) is 17.6 Å². The number of aromatic nitrogens is 2. The first kappa shape index (κ1) is 21.1. The summed E-state index contributed by atoms with van der Waals surface area (Å²) in [6.45, 7) is 10.2. The molecule has 0 saturated heterocycles. The van der Waals surface area contributed by atoms with Crippen molar-refractivity contribution in [1.29, 1.82) is 0 Å². The van der Waals surface area contributed by atoms with Crippen molar-refractivity contribution in [3.8, 4) is 11.4 Å². The van der Waals surface area contributed by atoms with Crippen LogP contribution in [0.5, 0.6) is 0 Å². The zero-order valence-electron chi connectivity index (χ0n) is 17.4. The first-order chi connectivity index (χ1) is 12.7. The van der Waals surface area contributed by atoms with E-state index in [0.717, 1.165) is 12.1 Å². The molecule has 1 amide bonds. The summed E-state index contributed by atoms with van der Waals surface area (Å²) in [5.74, 6) is 1.54. The van der Waals surface area contributed by atoms with Crippen molar-refractivity contribution in [1.82, 2.24) is 20.4 Å². The number of aryl methyl sites for hydroxylation is 1. The van der Waals surface area contributed by atoms with Crippen LogP contribution >= 0.6 is 0 Å². The quantitative estimate of drug-likeness (QED) is 0.729. The van der Waals surface area contributed by atoms with E-state index in [1.54, 1.807) is 0 Å². The molecule has 2 rings (SSSR count). The van der Waals surface area contributed by atoms with Crippen molar-refractivity contribution in [3.63, 3.8) is 0 Å². The molecule has 148 valence electrons. The van der Waals surface area contributed by atoms with Crippen molar-refractivity contribution in [3.05, 3.63) is 35.7 Å². The Bertz CT molecular complexity index is 733. The molecule has 0 aliphatic heterocycles. The monoisotopic (exact) mass is 372 g/mol. The first-order valence-electron chi connectivity index (χ1n) is 9.50. The van der Waals surface area contributed by atoms with Crippen molar-refractivity contribution in [2.24, 2.45) is 5.41 Å². The van der Waals surface area contributed by atoms with Gasteiger partial charge in [-0.3, -0.25) is 4.79 Å². The van der Waals surface area contributed by atoms with Crippen LogP contribution in [-0.4, -0.2) is 48.1 Å². The van der Waals surface area contributed by atoms with E-state index in [4.69, 9.17) is 4.52 Å². The van der Waals surface area contributed by atoms with Gasteiger partial charge in [0.15, 0.2) is 0 Å². The van der Waals surface area contributed by atoms with Gasteiger partial charge in [0.05, 0.1) is 0 Å². The first-order valence-corrected chi connectivity index (χ1v) is 9.50. The van der Waals surface area contributed by atoms with Crippen molar-refractivity contribution in [2.75, 3.05) is 27.2 Å². The minimum Gasteiger partial charge on any atom is -0.356 e. The lowest BCUT2D eigenvalue weighted by molar-refractivity contribution is -0.121. The largest absolute Gasteiger partial charge is 0.356 e.